The second-order valence-corrected chi connectivity index (χ2v) is 18.1. The van der Waals surface area contributed by atoms with Gasteiger partial charge in [-0.15, -0.1) is 0 Å². The van der Waals surface area contributed by atoms with Crippen LogP contribution in [0.4, 0.5) is 0 Å². The maximum atomic E-state index is 12.7. The molecule has 0 rings (SSSR count). The molecule has 0 amide bonds. The standard InChI is InChI=1S/C59H102O6/c1-4-7-10-13-16-19-22-24-26-27-28-29-30-31-33-34-37-40-43-46-49-52-58(61)64-55-56(54-63-57(60)51-48-45-42-39-36-21-18-15-12-9-6-3)65-59(62)53-50-47-44-41-38-35-32-25-23-20-17-14-11-8-5-2/h8,11,17,20,25,27-28,32,38,41,47,50,56H,4-7,9-10,12-16,18-19,21-24,26,29-31,33-37,39-40,42-46,48-49,51-55H2,1-3H3/b11-8-,20-17-,28-27-,32-25-,41-38-,50-47-. The summed E-state index contributed by atoms with van der Waals surface area (Å²) in [6, 6.07) is 0. The second kappa shape index (κ2) is 53.5. The van der Waals surface area contributed by atoms with Gasteiger partial charge >= 0.3 is 17.9 Å². The maximum Gasteiger partial charge on any atom is 0.310 e. The van der Waals surface area contributed by atoms with E-state index in [4.69, 9.17) is 14.2 Å². The Kier molecular flexibility index (Phi) is 50.9. The molecule has 1 atom stereocenters. The van der Waals surface area contributed by atoms with Crippen molar-refractivity contribution in [1.82, 2.24) is 0 Å². The minimum atomic E-state index is -0.828. The third-order valence-corrected chi connectivity index (χ3v) is 11.7. The van der Waals surface area contributed by atoms with Crippen LogP contribution in [-0.4, -0.2) is 37.2 Å². The number of unbranched alkanes of at least 4 members (excludes halogenated alkanes) is 27. The Labute approximate surface area is 402 Å². The molecule has 1 unspecified atom stereocenters. The van der Waals surface area contributed by atoms with Crippen LogP contribution in [0.15, 0.2) is 72.9 Å². The van der Waals surface area contributed by atoms with Crippen molar-refractivity contribution in [2.24, 2.45) is 0 Å². The van der Waals surface area contributed by atoms with Crippen LogP contribution in [0.2, 0.25) is 0 Å². The summed E-state index contributed by atoms with van der Waals surface area (Å²) in [6.07, 6.45) is 67.8. The number of allylic oxidation sites excluding steroid dienone is 11. The number of hydrogen-bond donors (Lipinski definition) is 0. The highest BCUT2D eigenvalue weighted by atomic mass is 16.6. The molecule has 0 aromatic carbocycles. The van der Waals surface area contributed by atoms with Crippen LogP contribution in [0.1, 0.15) is 265 Å². The summed E-state index contributed by atoms with van der Waals surface area (Å²) in [6.45, 7) is 6.44. The SMILES string of the molecule is CC/C=C\C/C=C\C/C=C\C/C=C\C/C=C\CC(=O)OC(COC(=O)CCCCCCCCCCC/C=C\CCCCCCCCCC)COC(=O)CCCCCCCCCCCCC. The highest BCUT2D eigenvalue weighted by Crippen LogP contribution is 2.15. The molecule has 0 heterocycles. The van der Waals surface area contributed by atoms with Gasteiger partial charge in [0.25, 0.3) is 0 Å². The normalized spacial score (nSPS) is 12.6. The predicted molar refractivity (Wildman–Crippen MR) is 279 cm³/mol. The first-order valence-corrected chi connectivity index (χ1v) is 27.4. The third kappa shape index (κ3) is 51.7. The summed E-state index contributed by atoms with van der Waals surface area (Å²) in [4.78, 5) is 37.9. The Morgan fingerprint density at radius 1 is 0.338 bits per heavy atom. The van der Waals surface area contributed by atoms with E-state index in [9.17, 15) is 14.4 Å². The average Bonchev–Trinajstić information content (AvgIpc) is 3.30. The fourth-order valence-electron chi connectivity index (χ4n) is 7.63. The van der Waals surface area contributed by atoms with Gasteiger partial charge in [0.15, 0.2) is 6.10 Å². The first kappa shape index (κ1) is 61.9. The topological polar surface area (TPSA) is 78.9 Å². The van der Waals surface area contributed by atoms with Crippen LogP contribution >= 0.6 is 0 Å². The van der Waals surface area contributed by atoms with Crippen LogP contribution in [-0.2, 0) is 28.6 Å². The molecule has 374 valence electrons. The molecule has 65 heavy (non-hydrogen) atoms. The van der Waals surface area contributed by atoms with Crippen molar-refractivity contribution >= 4 is 17.9 Å². The molecular weight excluding hydrogens is 805 g/mol. The first-order chi connectivity index (χ1) is 32.0. The minimum absolute atomic E-state index is 0.0986. The van der Waals surface area contributed by atoms with E-state index in [1.54, 1.807) is 6.08 Å². The van der Waals surface area contributed by atoms with Crippen molar-refractivity contribution in [3.63, 3.8) is 0 Å². The zero-order valence-corrected chi connectivity index (χ0v) is 42.7. The van der Waals surface area contributed by atoms with E-state index in [-0.39, 0.29) is 31.6 Å². The highest BCUT2D eigenvalue weighted by molar-refractivity contribution is 5.72. The largest absolute Gasteiger partial charge is 0.462 e. The molecule has 0 saturated carbocycles. The smallest absolute Gasteiger partial charge is 0.310 e. The molecule has 0 aromatic heterocycles. The van der Waals surface area contributed by atoms with E-state index in [0.717, 1.165) is 70.6 Å². The Hall–Kier alpha value is -3.15. The molecule has 0 bridgehead atoms. The molecule has 0 aliphatic rings. The van der Waals surface area contributed by atoms with E-state index in [1.807, 2.05) is 6.08 Å². The van der Waals surface area contributed by atoms with Gasteiger partial charge in [0.05, 0.1) is 6.42 Å². The molecule has 0 aliphatic carbocycles. The second-order valence-electron chi connectivity index (χ2n) is 18.1. The molecular formula is C59H102O6. The van der Waals surface area contributed by atoms with Crippen molar-refractivity contribution in [2.45, 2.75) is 271 Å². The number of carbonyl (C=O) groups excluding carboxylic acids is 3. The van der Waals surface area contributed by atoms with Gasteiger partial charge in [-0.25, -0.2) is 0 Å². The van der Waals surface area contributed by atoms with Gasteiger partial charge in [-0.1, -0.05) is 248 Å². The fourth-order valence-corrected chi connectivity index (χ4v) is 7.63. The molecule has 6 heteroatoms. The van der Waals surface area contributed by atoms with Gasteiger partial charge in [-0.05, 0) is 70.6 Å². The molecule has 0 aromatic rings. The molecule has 0 N–H and O–H groups in total. The zero-order chi connectivity index (χ0) is 47.2. The summed E-state index contributed by atoms with van der Waals surface area (Å²) in [5.74, 6) is -1.04. The molecule has 0 fully saturated rings. The Balaban J connectivity index is 4.39. The maximum absolute atomic E-state index is 12.7. The van der Waals surface area contributed by atoms with E-state index in [0.29, 0.717) is 12.8 Å². The first-order valence-electron chi connectivity index (χ1n) is 27.4. The number of hydrogen-bond acceptors (Lipinski definition) is 6. The summed E-state index contributed by atoms with van der Waals surface area (Å²) in [5.41, 5.74) is 0. The van der Waals surface area contributed by atoms with Gasteiger partial charge in [-0.3, -0.25) is 14.4 Å². The Morgan fingerprint density at radius 3 is 1.00 bits per heavy atom. The van der Waals surface area contributed by atoms with Gasteiger partial charge in [0, 0.05) is 12.8 Å². The van der Waals surface area contributed by atoms with E-state index in [1.165, 1.54) is 154 Å². The van der Waals surface area contributed by atoms with Crippen LogP contribution in [0.3, 0.4) is 0 Å². The van der Waals surface area contributed by atoms with Crippen LogP contribution in [0.25, 0.3) is 0 Å². The van der Waals surface area contributed by atoms with Gasteiger partial charge in [0.2, 0.25) is 0 Å². The van der Waals surface area contributed by atoms with Crippen LogP contribution in [0.5, 0.6) is 0 Å². The quantitative estimate of drug-likeness (QED) is 0.0262. The monoisotopic (exact) mass is 907 g/mol. The predicted octanol–water partition coefficient (Wildman–Crippen LogP) is 18.2. The van der Waals surface area contributed by atoms with Crippen LogP contribution < -0.4 is 0 Å². The van der Waals surface area contributed by atoms with E-state index in [2.05, 4.69) is 81.5 Å². The summed E-state index contributed by atoms with van der Waals surface area (Å²) in [5, 5.41) is 0. The summed E-state index contributed by atoms with van der Waals surface area (Å²) in [7, 11) is 0. The zero-order valence-electron chi connectivity index (χ0n) is 42.7. The lowest BCUT2D eigenvalue weighted by Crippen LogP contribution is -2.30. The number of ether oxygens (including phenoxy) is 3. The lowest BCUT2D eigenvalue weighted by Gasteiger charge is -2.18. The lowest BCUT2D eigenvalue weighted by molar-refractivity contribution is -0.166. The van der Waals surface area contributed by atoms with Gasteiger partial charge in [-0.2, -0.15) is 0 Å². The van der Waals surface area contributed by atoms with Crippen molar-refractivity contribution < 1.29 is 28.6 Å². The number of carbonyl (C=O) groups is 3. The number of esters is 3. The third-order valence-electron chi connectivity index (χ3n) is 11.7. The van der Waals surface area contributed by atoms with Crippen molar-refractivity contribution in [2.75, 3.05) is 13.2 Å². The Bertz CT molecular complexity index is 1230. The van der Waals surface area contributed by atoms with E-state index >= 15 is 0 Å². The van der Waals surface area contributed by atoms with Crippen molar-refractivity contribution in [3.05, 3.63) is 72.9 Å². The van der Waals surface area contributed by atoms with Gasteiger partial charge in [0.1, 0.15) is 13.2 Å². The average molecular weight is 907 g/mol. The minimum Gasteiger partial charge on any atom is -0.462 e. The number of rotatable bonds is 49. The Morgan fingerprint density at radius 2 is 0.646 bits per heavy atom. The summed E-state index contributed by atoms with van der Waals surface area (Å²) < 4.78 is 16.7. The van der Waals surface area contributed by atoms with E-state index < -0.39 is 12.1 Å². The summed E-state index contributed by atoms with van der Waals surface area (Å²) >= 11 is 0. The molecule has 0 radical (unpaired) electrons. The molecule has 0 spiro atoms. The fraction of sp³-hybridized carbons (Fsp3) is 0.746. The molecule has 6 nitrogen and oxygen atoms in total. The lowest BCUT2D eigenvalue weighted by atomic mass is 10.1. The highest BCUT2D eigenvalue weighted by Gasteiger charge is 2.19. The molecule has 0 aliphatic heterocycles. The van der Waals surface area contributed by atoms with Crippen molar-refractivity contribution in [1.29, 1.82) is 0 Å². The molecule has 0 saturated heterocycles. The van der Waals surface area contributed by atoms with Crippen molar-refractivity contribution in [3.8, 4) is 0 Å². The van der Waals surface area contributed by atoms with Gasteiger partial charge < -0.3 is 14.2 Å². The van der Waals surface area contributed by atoms with Crippen LogP contribution in [0, 0.1) is 0 Å².